The quantitative estimate of drug-likeness (QED) is 0.659. The zero-order valence-electron chi connectivity index (χ0n) is 9.95. The predicted octanol–water partition coefficient (Wildman–Crippen LogP) is 1.37. The number of nitrogens with zero attached hydrogens (tertiary/aromatic N) is 2. The molecule has 1 aliphatic heterocycles. The van der Waals surface area contributed by atoms with Crippen molar-refractivity contribution in [2.24, 2.45) is 0 Å². The third-order valence-corrected chi connectivity index (χ3v) is 2.34. The van der Waals surface area contributed by atoms with Crippen molar-refractivity contribution in [3.63, 3.8) is 0 Å². The highest BCUT2D eigenvalue weighted by Gasteiger charge is 2.24. The van der Waals surface area contributed by atoms with Crippen LogP contribution in [-0.4, -0.2) is 54.2 Å². The molecule has 1 amide bonds. The summed E-state index contributed by atoms with van der Waals surface area (Å²) in [7, 11) is 0. The summed E-state index contributed by atoms with van der Waals surface area (Å²) in [5.74, 6) is 0. The van der Waals surface area contributed by atoms with Crippen LogP contribution >= 0.6 is 0 Å². The van der Waals surface area contributed by atoms with Gasteiger partial charge in [0.15, 0.2) is 0 Å². The van der Waals surface area contributed by atoms with Crippen LogP contribution in [0.4, 0.5) is 4.79 Å². The molecular weight excluding hydrogens is 192 g/mol. The van der Waals surface area contributed by atoms with E-state index in [9.17, 15) is 4.79 Å². The maximum atomic E-state index is 11.7. The molecule has 0 aromatic heterocycles. The van der Waals surface area contributed by atoms with E-state index >= 15 is 0 Å². The standard InChI is InChI=1S/C11H21N2O2/c1-5-12-6-8-13(9-7-12)10(14)15-11(2,3)4/h1,5-9H2,2-4H3. The third-order valence-electron chi connectivity index (χ3n) is 2.34. The van der Waals surface area contributed by atoms with Crippen molar-refractivity contribution >= 4 is 6.09 Å². The van der Waals surface area contributed by atoms with Crippen molar-refractivity contribution in [1.82, 2.24) is 9.80 Å². The molecule has 1 heterocycles. The van der Waals surface area contributed by atoms with Crippen molar-refractivity contribution in [2.45, 2.75) is 26.4 Å². The Balaban J connectivity index is 2.37. The van der Waals surface area contributed by atoms with Gasteiger partial charge in [-0.3, -0.25) is 4.90 Å². The lowest BCUT2D eigenvalue weighted by atomic mass is 10.2. The highest BCUT2D eigenvalue weighted by molar-refractivity contribution is 5.68. The molecule has 1 aliphatic rings. The lowest BCUT2D eigenvalue weighted by molar-refractivity contribution is 0.0153. The summed E-state index contributed by atoms with van der Waals surface area (Å²) < 4.78 is 5.30. The van der Waals surface area contributed by atoms with Gasteiger partial charge in [0, 0.05) is 26.2 Å². The molecule has 1 saturated heterocycles. The molecule has 1 fully saturated rings. The SMILES string of the molecule is [CH2]CN1CCN(C(=O)OC(C)(C)C)CC1. The lowest BCUT2D eigenvalue weighted by Crippen LogP contribution is -2.49. The summed E-state index contributed by atoms with van der Waals surface area (Å²) in [6.07, 6.45) is -0.203. The number of hydrogen-bond acceptors (Lipinski definition) is 3. The number of carbonyl (C=O) groups excluding carboxylic acids is 1. The van der Waals surface area contributed by atoms with Crippen LogP contribution in [-0.2, 0) is 4.74 Å². The van der Waals surface area contributed by atoms with Crippen molar-refractivity contribution in [3.05, 3.63) is 6.92 Å². The molecular formula is C11H21N2O2. The molecule has 0 aromatic rings. The molecule has 0 saturated carbocycles. The van der Waals surface area contributed by atoms with Crippen molar-refractivity contribution < 1.29 is 9.53 Å². The molecule has 0 aliphatic carbocycles. The van der Waals surface area contributed by atoms with E-state index < -0.39 is 5.60 Å². The van der Waals surface area contributed by atoms with E-state index in [0.29, 0.717) is 0 Å². The average Bonchev–Trinajstić information content (AvgIpc) is 2.15. The number of rotatable bonds is 1. The Morgan fingerprint density at radius 1 is 1.27 bits per heavy atom. The van der Waals surface area contributed by atoms with Gasteiger partial charge >= 0.3 is 6.09 Å². The molecule has 0 bridgehead atoms. The molecule has 87 valence electrons. The number of amides is 1. The first kappa shape index (κ1) is 12.3. The van der Waals surface area contributed by atoms with Gasteiger partial charge in [-0.05, 0) is 34.2 Å². The van der Waals surface area contributed by atoms with Gasteiger partial charge in [-0.25, -0.2) is 4.79 Å². The second-order valence-corrected chi connectivity index (χ2v) is 4.81. The Kier molecular flexibility index (Phi) is 3.97. The van der Waals surface area contributed by atoms with Crippen LogP contribution in [0.25, 0.3) is 0 Å². The lowest BCUT2D eigenvalue weighted by Gasteiger charge is -2.34. The van der Waals surface area contributed by atoms with E-state index in [0.717, 1.165) is 32.7 Å². The molecule has 15 heavy (non-hydrogen) atoms. The number of ether oxygens (including phenoxy) is 1. The zero-order valence-corrected chi connectivity index (χ0v) is 9.95. The van der Waals surface area contributed by atoms with Crippen LogP contribution in [0.15, 0.2) is 0 Å². The van der Waals surface area contributed by atoms with Gasteiger partial charge in [-0.15, -0.1) is 0 Å². The normalized spacial score (nSPS) is 19.1. The topological polar surface area (TPSA) is 32.8 Å². The molecule has 0 unspecified atom stereocenters. The van der Waals surface area contributed by atoms with E-state index in [4.69, 9.17) is 4.74 Å². The van der Waals surface area contributed by atoms with Gasteiger partial charge in [0.2, 0.25) is 0 Å². The smallest absolute Gasteiger partial charge is 0.410 e. The van der Waals surface area contributed by atoms with E-state index in [1.165, 1.54) is 0 Å². The summed E-state index contributed by atoms with van der Waals surface area (Å²) in [6.45, 7) is 13.6. The Bertz CT molecular complexity index is 215. The molecule has 0 atom stereocenters. The minimum atomic E-state index is -0.402. The molecule has 1 radical (unpaired) electrons. The maximum absolute atomic E-state index is 11.7. The Morgan fingerprint density at radius 3 is 2.20 bits per heavy atom. The fraction of sp³-hybridized carbons (Fsp3) is 0.818. The van der Waals surface area contributed by atoms with Gasteiger partial charge in [0.1, 0.15) is 5.60 Å². The molecule has 0 N–H and O–H groups in total. The monoisotopic (exact) mass is 213 g/mol. The van der Waals surface area contributed by atoms with Crippen LogP contribution in [0.2, 0.25) is 0 Å². The fourth-order valence-corrected chi connectivity index (χ4v) is 1.48. The van der Waals surface area contributed by atoms with Gasteiger partial charge in [0.25, 0.3) is 0 Å². The Hall–Kier alpha value is -0.770. The maximum Gasteiger partial charge on any atom is 0.410 e. The van der Waals surface area contributed by atoms with Gasteiger partial charge < -0.3 is 9.64 Å². The highest BCUT2D eigenvalue weighted by atomic mass is 16.6. The van der Waals surface area contributed by atoms with E-state index in [1.54, 1.807) is 4.90 Å². The first-order valence-electron chi connectivity index (χ1n) is 5.42. The summed E-state index contributed by atoms with van der Waals surface area (Å²) in [5.41, 5.74) is -0.402. The predicted molar refractivity (Wildman–Crippen MR) is 59.6 cm³/mol. The second kappa shape index (κ2) is 4.84. The van der Waals surface area contributed by atoms with Crippen LogP contribution in [0.3, 0.4) is 0 Å². The largest absolute Gasteiger partial charge is 0.444 e. The third kappa shape index (κ3) is 4.08. The van der Waals surface area contributed by atoms with Crippen molar-refractivity contribution in [3.8, 4) is 0 Å². The first-order valence-corrected chi connectivity index (χ1v) is 5.42. The molecule has 4 heteroatoms. The number of carbonyl (C=O) groups is 1. The van der Waals surface area contributed by atoms with Crippen LogP contribution in [0, 0.1) is 6.92 Å². The fourth-order valence-electron chi connectivity index (χ4n) is 1.48. The van der Waals surface area contributed by atoms with E-state index in [1.807, 2.05) is 20.8 Å². The zero-order chi connectivity index (χ0) is 11.5. The average molecular weight is 213 g/mol. The first-order chi connectivity index (χ1) is 6.92. The van der Waals surface area contributed by atoms with Crippen LogP contribution < -0.4 is 0 Å². The summed E-state index contributed by atoms with van der Waals surface area (Å²) in [4.78, 5) is 15.7. The van der Waals surface area contributed by atoms with E-state index in [2.05, 4.69) is 11.8 Å². The van der Waals surface area contributed by atoms with Crippen LogP contribution in [0.5, 0.6) is 0 Å². The number of piperazine rings is 1. The Morgan fingerprint density at radius 2 is 1.80 bits per heavy atom. The van der Waals surface area contributed by atoms with Crippen molar-refractivity contribution in [1.29, 1.82) is 0 Å². The molecule has 0 aromatic carbocycles. The minimum absolute atomic E-state index is 0.203. The molecule has 4 nitrogen and oxygen atoms in total. The van der Waals surface area contributed by atoms with Gasteiger partial charge in [-0.1, -0.05) is 0 Å². The summed E-state index contributed by atoms with van der Waals surface area (Å²) in [5, 5.41) is 0. The minimum Gasteiger partial charge on any atom is -0.444 e. The molecule has 0 spiro atoms. The van der Waals surface area contributed by atoms with E-state index in [-0.39, 0.29) is 6.09 Å². The highest BCUT2D eigenvalue weighted by Crippen LogP contribution is 2.11. The summed E-state index contributed by atoms with van der Waals surface area (Å²) >= 11 is 0. The van der Waals surface area contributed by atoms with Crippen LogP contribution in [0.1, 0.15) is 20.8 Å². The summed E-state index contributed by atoms with van der Waals surface area (Å²) in [6, 6.07) is 0. The Labute approximate surface area is 92.2 Å². The number of hydrogen-bond donors (Lipinski definition) is 0. The van der Waals surface area contributed by atoms with Crippen molar-refractivity contribution in [2.75, 3.05) is 32.7 Å². The molecule has 1 rings (SSSR count). The van der Waals surface area contributed by atoms with Gasteiger partial charge in [0.05, 0.1) is 0 Å². The second-order valence-electron chi connectivity index (χ2n) is 4.81. The van der Waals surface area contributed by atoms with Gasteiger partial charge in [-0.2, -0.15) is 0 Å².